The van der Waals surface area contributed by atoms with Crippen LogP contribution in [0.4, 0.5) is 9.18 Å². The van der Waals surface area contributed by atoms with Crippen LogP contribution in [0.5, 0.6) is 5.75 Å². The maximum absolute atomic E-state index is 12.8. The number of amides is 2. The van der Waals surface area contributed by atoms with E-state index in [0.29, 0.717) is 31.9 Å². The lowest BCUT2D eigenvalue weighted by Gasteiger charge is -2.35. The fourth-order valence-corrected chi connectivity index (χ4v) is 2.41. The number of hydrogen-bond acceptors (Lipinski definition) is 4. The second-order valence-electron chi connectivity index (χ2n) is 6.90. The normalized spacial score (nSPS) is 15.0. The van der Waals surface area contributed by atoms with Crippen LogP contribution in [0.15, 0.2) is 24.3 Å². The fourth-order valence-electron chi connectivity index (χ4n) is 2.41. The molecule has 0 aliphatic carbocycles. The number of ether oxygens (including phenoxy) is 2. The molecule has 6 nitrogen and oxygen atoms in total. The molecule has 1 aliphatic rings. The number of halogens is 1. The number of carbonyl (C=O) groups is 2. The Kier molecular flexibility index (Phi) is 6.22. The maximum atomic E-state index is 12.8. The number of hydrogen-bond donors (Lipinski definition) is 0. The standard InChI is InChI=1S/C18H25FN2O4/c1-18(2,3)25-17(23)21-11-9-20(10-12-21)16(22)8-13-24-15-6-4-14(19)5-7-15/h4-7H,8-13H2,1-3H3. The summed E-state index contributed by atoms with van der Waals surface area (Å²) in [5, 5.41) is 0. The molecule has 1 fully saturated rings. The summed E-state index contributed by atoms with van der Waals surface area (Å²) in [5.41, 5.74) is -0.526. The van der Waals surface area contributed by atoms with Crippen molar-refractivity contribution in [2.45, 2.75) is 32.8 Å². The van der Waals surface area contributed by atoms with Gasteiger partial charge in [0.1, 0.15) is 17.2 Å². The summed E-state index contributed by atoms with van der Waals surface area (Å²) in [6, 6.07) is 5.68. The van der Waals surface area contributed by atoms with E-state index >= 15 is 0 Å². The number of nitrogens with zero attached hydrogens (tertiary/aromatic N) is 2. The van der Waals surface area contributed by atoms with Gasteiger partial charge in [0.15, 0.2) is 0 Å². The molecular formula is C18H25FN2O4. The first kappa shape index (κ1) is 19.0. The molecule has 0 aromatic heterocycles. The smallest absolute Gasteiger partial charge is 0.410 e. The monoisotopic (exact) mass is 352 g/mol. The van der Waals surface area contributed by atoms with Gasteiger partial charge < -0.3 is 19.3 Å². The van der Waals surface area contributed by atoms with Crippen molar-refractivity contribution in [3.63, 3.8) is 0 Å². The van der Waals surface area contributed by atoms with Crippen LogP contribution < -0.4 is 4.74 Å². The summed E-state index contributed by atoms with van der Waals surface area (Å²) in [6.07, 6.45) is -0.108. The summed E-state index contributed by atoms with van der Waals surface area (Å²) >= 11 is 0. The number of rotatable bonds is 4. The van der Waals surface area contributed by atoms with Crippen molar-refractivity contribution in [3.8, 4) is 5.75 Å². The predicted octanol–water partition coefficient (Wildman–Crippen LogP) is 2.67. The van der Waals surface area contributed by atoms with Crippen molar-refractivity contribution in [3.05, 3.63) is 30.1 Å². The molecule has 7 heteroatoms. The van der Waals surface area contributed by atoms with Crippen molar-refractivity contribution in [1.29, 1.82) is 0 Å². The molecule has 0 radical (unpaired) electrons. The van der Waals surface area contributed by atoms with E-state index < -0.39 is 5.60 Å². The Morgan fingerprint density at radius 3 is 2.16 bits per heavy atom. The molecule has 1 heterocycles. The van der Waals surface area contributed by atoms with Crippen LogP contribution in [-0.4, -0.2) is 60.2 Å². The highest BCUT2D eigenvalue weighted by Gasteiger charge is 2.27. The van der Waals surface area contributed by atoms with Crippen LogP contribution in [0.2, 0.25) is 0 Å². The average molecular weight is 352 g/mol. The first-order valence-corrected chi connectivity index (χ1v) is 8.39. The number of carbonyl (C=O) groups excluding carboxylic acids is 2. The van der Waals surface area contributed by atoms with Crippen LogP contribution in [0, 0.1) is 5.82 Å². The van der Waals surface area contributed by atoms with E-state index in [-0.39, 0.29) is 30.8 Å². The highest BCUT2D eigenvalue weighted by molar-refractivity contribution is 5.77. The lowest BCUT2D eigenvalue weighted by Crippen LogP contribution is -2.51. The minimum Gasteiger partial charge on any atom is -0.493 e. The molecule has 0 saturated carbocycles. The minimum absolute atomic E-state index is 0.0223. The van der Waals surface area contributed by atoms with Crippen LogP contribution in [0.1, 0.15) is 27.2 Å². The molecule has 2 amide bonds. The highest BCUT2D eigenvalue weighted by Crippen LogP contribution is 2.13. The van der Waals surface area contributed by atoms with E-state index in [0.717, 1.165) is 0 Å². The van der Waals surface area contributed by atoms with Gasteiger partial charge in [-0.1, -0.05) is 0 Å². The predicted molar refractivity (Wildman–Crippen MR) is 90.9 cm³/mol. The largest absolute Gasteiger partial charge is 0.493 e. The Balaban J connectivity index is 1.70. The molecule has 1 aliphatic heterocycles. The van der Waals surface area contributed by atoms with Crippen LogP contribution in [0.3, 0.4) is 0 Å². The van der Waals surface area contributed by atoms with Crippen LogP contribution in [-0.2, 0) is 9.53 Å². The molecule has 1 aromatic rings. The second kappa shape index (κ2) is 8.18. The Morgan fingerprint density at radius 2 is 1.60 bits per heavy atom. The quantitative estimate of drug-likeness (QED) is 0.836. The van der Waals surface area contributed by atoms with Gasteiger partial charge in [0.2, 0.25) is 5.91 Å². The Labute approximate surface area is 147 Å². The Bertz CT molecular complexity index is 590. The molecule has 0 spiro atoms. The number of benzene rings is 1. The van der Waals surface area contributed by atoms with Crippen molar-refractivity contribution in [1.82, 2.24) is 9.80 Å². The van der Waals surface area contributed by atoms with Crippen molar-refractivity contribution < 1.29 is 23.5 Å². The zero-order valence-corrected chi connectivity index (χ0v) is 15.0. The molecule has 1 saturated heterocycles. The molecule has 138 valence electrons. The van der Waals surface area contributed by atoms with Gasteiger partial charge in [-0.15, -0.1) is 0 Å². The average Bonchev–Trinajstić information content (AvgIpc) is 2.55. The zero-order valence-electron chi connectivity index (χ0n) is 15.0. The van der Waals surface area contributed by atoms with E-state index in [1.165, 1.54) is 24.3 Å². The van der Waals surface area contributed by atoms with Crippen LogP contribution >= 0.6 is 0 Å². The molecular weight excluding hydrogens is 327 g/mol. The maximum Gasteiger partial charge on any atom is 0.410 e. The lowest BCUT2D eigenvalue weighted by atomic mass is 10.2. The highest BCUT2D eigenvalue weighted by atomic mass is 19.1. The summed E-state index contributed by atoms with van der Waals surface area (Å²) in [6.45, 7) is 7.59. The topological polar surface area (TPSA) is 59.1 Å². The number of piperazine rings is 1. The van der Waals surface area contributed by atoms with Gasteiger partial charge in [0.25, 0.3) is 0 Å². The van der Waals surface area contributed by atoms with E-state index in [2.05, 4.69) is 0 Å². The fraction of sp³-hybridized carbons (Fsp3) is 0.556. The van der Waals surface area contributed by atoms with Gasteiger partial charge in [-0.3, -0.25) is 4.79 Å². The van der Waals surface area contributed by atoms with Gasteiger partial charge >= 0.3 is 6.09 Å². The summed E-state index contributed by atoms with van der Waals surface area (Å²) in [5.74, 6) is 0.182. The summed E-state index contributed by atoms with van der Waals surface area (Å²) in [7, 11) is 0. The van der Waals surface area contributed by atoms with Gasteiger partial charge in [-0.05, 0) is 45.0 Å². The third kappa shape index (κ3) is 6.25. The summed E-state index contributed by atoms with van der Waals surface area (Å²) < 4.78 is 23.6. The van der Waals surface area contributed by atoms with Crippen LogP contribution in [0.25, 0.3) is 0 Å². The Morgan fingerprint density at radius 1 is 1.04 bits per heavy atom. The third-order valence-electron chi connectivity index (χ3n) is 3.68. The SMILES string of the molecule is CC(C)(C)OC(=O)N1CCN(C(=O)CCOc2ccc(F)cc2)CC1. The Hall–Kier alpha value is -2.31. The van der Waals surface area contributed by atoms with Gasteiger partial charge in [0.05, 0.1) is 13.0 Å². The minimum atomic E-state index is -0.526. The molecule has 25 heavy (non-hydrogen) atoms. The second-order valence-corrected chi connectivity index (χ2v) is 6.90. The van der Waals surface area contributed by atoms with Crippen molar-refractivity contribution in [2.24, 2.45) is 0 Å². The molecule has 0 bridgehead atoms. The van der Waals surface area contributed by atoms with E-state index in [4.69, 9.17) is 9.47 Å². The van der Waals surface area contributed by atoms with E-state index in [1.807, 2.05) is 20.8 Å². The van der Waals surface area contributed by atoms with Gasteiger partial charge in [-0.2, -0.15) is 0 Å². The lowest BCUT2D eigenvalue weighted by molar-refractivity contribution is -0.133. The molecule has 0 N–H and O–H groups in total. The summed E-state index contributed by atoms with van der Waals surface area (Å²) in [4.78, 5) is 27.5. The van der Waals surface area contributed by atoms with Gasteiger partial charge in [-0.25, -0.2) is 9.18 Å². The first-order chi connectivity index (χ1) is 11.7. The molecule has 1 aromatic carbocycles. The zero-order chi connectivity index (χ0) is 18.4. The van der Waals surface area contributed by atoms with E-state index in [9.17, 15) is 14.0 Å². The first-order valence-electron chi connectivity index (χ1n) is 8.39. The molecule has 0 atom stereocenters. The van der Waals surface area contributed by atoms with E-state index in [1.54, 1.807) is 9.80 Å². The van der Waals surface area contributed by atoms with Crippen molar-refractivity contribution >= 4 is 12.0 Å². The molecule has 0 unspecified atom stereocenters. The van der Waals surface area contributed by atoms with Gasteiger partial charge in [0, 0.05) is 26.2 Å². The van der Waals surface area contributed by atoms with Crippen molar-refractivity contribution in [2.75, 3.05) is 32.8 Å². The third-order valence-corrected chi connectivity index (χ3v) is 3.68. The molecule has 2 rings (SSSR count).